The van der Waals surface area contributed by atoms with Crippen molar-refractivity contribution in [3.05, 3.63) is 12.3 Å². The number of likely N-dealkylation sites (N-methyl/N-ethyl adjacent to an activating group) is 2. The Labute approximate surface area is 122 Å². The predicted octanol–water partition coefficient (Wildman–Crippen LogP) is 2.22. The van der Waals surface area contributed by atoms with Gasteiger partial charge in [0.25, 0.3) is 0 Å². The molecule has 1 fully saturated rings. The number of anilines is 2. The number of rotatable bonds is 7. The van der Waals surface area contributed by atoms with Gasteiger partial charge < -0.3 is 10.2 Å². The lowest BCUT2D eigenvalue weighted by Gasteiger charge is -2.28. The van der Waals surface area contributed by atoms with Crippen LogP contribution >= 0.6 is 0 Å². The maximum absolute atomic E-state index is 4.59. The number of nitrogens with one attached hydrogen (secondary N) is 1. The molecule has 2 rings (SSSR count). The van der Waals surface area contributed by atoms with Crippen molar-refractivity contribution in [2.24, 2.45) is 0 Å². The molecule has 1 aromatic rings. The smallest absolute Gasteiger partial charge is 0.224 e. The van der Waals surface area contributed by atoms with E-state index in [9.17, 15) is 0 Å². The molecule has 1 aromatic heterocycles. The molecule has 20 heavy (non-hydrogen) atoms. The summed E-state index contributed by atoms with van der Waals surface area (Å²) >= 11 is 0. The molecule has 0 aliphatic carbocycles. The minimum absolute atomic E-state index is 0.659. The third-order valence-corrected chi connectivity index (χ3v) is 3.95. The lowest BCUT2D eigenvalue weighted by molar-refractivity contribution is 0.270. The van der Waals surface area contributed by atoms with Crippen molar-refractivity contribution in [1.29, 1.82) is 0 Å². The molecular weight excluding hydrogens is 250 g/mol. The fourth-order valence-corrected chi connectivity index (χ4v) is 2.81. The first kappa shape index (κ1) is 15.0. The van der Waals surface area contributed by atoms with Gasteiger partial charge >= 0.3 is 0 Å². The Bertz CT molecular complexity index is 409. The molecule has 0 saturated carbocycles. The molecule has 0 radical (unpaired) electrons. The topological polar surface area (TPSA) is 44.3 Å². The minimum atomic E-state index is 0.659. The summed E-state index contributed by atoms with van der Waals surface area (Å²) in [6.07, 6.45) is 5.53. The summed E-state index contributed by atoms with van der Waals surface area (Å²) < 4.78 is 0. The van der Waals surface area contributed by atoms with Crippen LogP contribution in [-0.2, 0) is 0 Å². The van der Waals surface area contributed by atoms with E-state index < -0.39 is 0 Å². The zero-order chi connectivity index (χ0) is 14.4. The number of hydrogen-bond acceptors (Lipinski definition) is 5. The van der Waals surface area contributed by atoms with E-state index in [1.807, 2.05) is 12.3 Å². The van der Waals surface area contributed by atoms with Crippen LogP contribution < -0.4 is 10.2 Å². The van der Waals surface area contributed by atoms with E-state index in [1.165, 1.54) is 19.4 Å². The first-order valence-electron chi connectivity index (χ1n) is 7.76. The molecule has 5 nitrogen and oxygen atoms in total. The highest BCUT2D eigenvalue weighted by atomic mass is 15.3. The van der Waals surface area contributed by atoms with Gasteiger partial charge in [0, 0.05) is 32.4 Å². The molecule has 1 saturated heterocycles. The van der Waals surface area contributed by atoms with Crippen LogP contribution in [0.25, 0.3) is 0 Å². The summed E-state index contributed by atoms with van der Waals surface area (Å²) in [4.78, 5) is 13.7. The molecule has 0 bridgehead atoms. The summed E-state index contributed by atoms with van der Waals surface area (Å²) in [5.41, 5.74) is 0. The van der Waals surface area contributed by atoms with Crippen LogP contribution in [0.15, 0.2) is 12.3 Å². The molecule has 1 unspecified atom stereocenters. The molecule has 0 amide bonds. The van der Waals surface area contributed by atoms with Crippen LogP contribution in [0, 0.1) is 0 Å². The van der Waals surface area contributed by atoms with Crippen LogP contribution in [0.3, 0.4) is 0 Å². The third-order valence-electron chi connectivity index (χ3n) is 3.95. The van der Waals surface area contributed by atoms with Gasteiger partial charge in [-0.05, 0) is 38.4 Å². The highest BCUT2D eigenvalue weighted by Gasteiger charge is 2.24. The molecule has 1 aliphatic rings. The molecule has 2 heterocycles. The van der Waals surface area contributed by atoms with Gasteiger partial charge in [-0.15, -0.1) is 0 Å². The van der Waals surface area contributed by atoms with Crippen LogP contribution in [0.1, 0.15) is 33.1 Å². The van der Waals surface area contributed by atoms with Gasteiger partial charge in [-0.1, -0.05) is 13.8 Å². The standard InChI is InChI=1S/C15H27N5/c1-4-9-16-15-17-10-8-14(18-15)19(3)12-13-7-6-11-20(13)5-2/h8,10,13H,4-7,9,11-12H2,1-3H3,(H,16,17,18). The zero-order valence-electron chi connectivity index (χ0n) is 13.0. The highest BCUT2D eigenvalue weighted by Crippen LogP contribution is 2.19. The third kappa shape index (κ3) is 3.82. The van der Waals surface area contributed by atoms with Crippen molar-refractivity contribution >= 4 is 11.8 Å². The van der Waals surface area contributed by atoms with Crippen LogP contribution in [0.2, 0.25) is 0 Å². The van der Waals surface area contributed by atoms with Crippen molar-refractivity contribution in [2.75, 3.05) is 43.4 Å². The monoisotopic (exact) mass is 277 g/mol. The van der Waals surface area contributed by atoms with Gasteiger partial charge in [0.2, 0.25) is 5.95 Å². The SMILES string of the molecule is CCCNc1nccc(N(C)CC2CCCN2CC)n1. The molecule has 1 atom stereocenters. The second-order valence-corrected chi connectivity index (χ2v) is 5.47. The molecule has 1 aliphatic heterocycles. The Kier molecular flexibility index (Phi) is 5.59. The van der Waals surface area contributed by atoms with Gasteiger partial charge in [0.05, 0.1) is 0 Å². The second-order valence-electron chi connectivity index (χ2n) is 5.47. The number of aromatic nitrogens is 2. The highest BCUT2D eigenvalue weighted by molar-refractivity contribution is 5.41. The first-order valence-corrected chi connectivity index (χ1v) is 7.76. The minimum Gasteiger partial charge on any atom is -0.358 e. The van der Waals surface area contributed by atoms with Crippen molar-refractivity contribution in [3.8, 4) is 0 Å². The van der Waals surface area contributed by atoms with E-state index in [1.54, 1.807) is 0 Å². The van der Waals surface area contributed by atoms with Crippen LogP contribution in [-0.4, -0.2) is 54.1 Å². The van der Waals surface area contributed by atoms with E-state index >= 15 is 0 Å². The quantitative estimate of drug-likeness (QED) is 0.828. The fraction of sp³-hybridized carbons (Fsp3) is 0.733. The molecule has 5 heteroatoms. The number of nitrogens with zero attached hydrogens (tertiary/aromatic N) is 4. The second kappa shape index (κ2) is 7.43. The van der Waals surface area contributed by atoms with Gasteiger partial charge in [0.15, 0.2) is 0 Å². The molecule has 0 spiro atoms. The molecular formula is C15H27N5. The molecule has 0 aromatic carbocycles. The largest absolute Gasteiger partial charge is 0.358 e. The van der Waals surface area contributed by atoms with Crippen molar-refractivity contribution in [3.63, 3.8) is 0 Å². The Hall–Kier alpha value is -1.36. The first-order chi connectivity index (χ1) is 9.74. The maximum atomic E-state index is 4.59. The van der Waals surface area contributed by atoms with Gasteiger partial charge in [0.1, 0.15) is 5.82 Å². The van der Waals surface area contributed by atoms with Crippen molar-refractivity contribution < 1.29 is 0 Å². The normalized spacial score (nSPS) is 19.2. The fourth-order valence-electron chi connectivity index (χ4n) is 2.81. The average Bonchev–Trinajstić information content (AvgIpc) is 2.92. The summed E-state index contributed by atoms with van der Waals surface area (Å²) in [7, 11) is 2.12. The average molecular weight is 277 g/mol. The lowest BCUT2D eigenvalue weighted by Crippen LogP contribution is -2.39. The predicted molar refractivity (Wildman–Crippen MR) is 84.4 cm³/mol. The lowest BCUT2D eigenvalue weighted by atomic mass is 10.2. The van der Waals surface area contributed by atoms with Crippen molar-refractivity contribution in [2.45, 2.75) is 39.2 Å². The van der Waals surface area contributed by atoms with Gasteiger partial charge in [-0.2, -0.15) is 4.98 Å². The molecule has 112 valence electrons. The van der Waals surface area contributed by atoms with Crippen LogP contribution in [0.4, 0.5) is 11.8 Å². The summed E-state index contributed by atoms with van der Waals surface area (Å²) in [5, 5.41) is 3.24. The summed E-state index contributed by atoms with van der Waals surface area (Å²) in [6.45, 7) is 8.73. The Morgan fingerprint density at radius 3 is 3.05 bits per heavy atom. The number of hydrogen-bond donors (Lipinski definition) is 1. The van der Waals surface area contributed by atoms with Gasteiger partial charge in [-0.25, -0.2) is 4.98 Å². The van der Waals surface area contributed by atoms with E-state index in [0.29, 0.717) is 6.04 Å². The van der Waals surface area contributed by atoms with E-state index in [0.717, 1.165) is 37.8 Å². The maximum Gasteiger partial charge on any atom is 0.224 e. The summed E-state index contributed by atoms with van der Waals surface area (Å²) in [6, 6.07) is 2.65. The Morgan fingerprint density at radius 1 is 1.45 bits per heavy atom. The summed E-state index contributed by atoms with van der Waals surface area (Å²) in [5.74, 6) is 1.73. The van der Waals surface area contributed by atoms with Crippen molar-refractivity contribution in [1.82, 2.24) is 14.9 Å². The van der Waals surface area contributed by atoms with E-state index in [2.05, 4.69) is 46.0 Å². The number of likely N-dealkylation sites (tertiary alicyclic amines) is 1. The molecule has 1 N–H and O–H groups in total. The van der Waals surface area contributed by atoms with E-state index in [4.69, 9.17) is 0 Å². The van der Waals surface area contributed by atoms with Gasteiger partial charge in [-0.3, -0.25) is 4.90 Å². The van der Waals surface area contributed by atoms with Crippen LogP contribution in [0.5, 0.6) is 0 Å². The van der Waals surface area contributed by atoms with E-state index in [-0.39, 0.29) is 0 Å². The zero-order valence-corrected chi connectivity index (χ0v) is 13.0. The Morgan fingerprint density at radius 2 is 2.30 bits per heavy atom. The Balaban J connectivity index is 1.96.